The number of pyridine rings is 1. The molecule has 4 rings (SSSR count). The molecule has 0 fully saturated rings. The summed E-state index contributed by atoms with van der Waals surface area (Å²) in [5.74, 6) is -1.35. The Hall–Kier alpha value is -4.49. The standard InChI is InChI=1S/C25H21FN6O2S/c1-15-10-23(35-31-15)30-20-13-21(19(26)12-17(20)14-27)29-22(25(28)34)11-16-5-7-18(8-6-16)32-9-3-2-4-24(32)33/h2-10,12-13,22,29-30H,11H2,1H3,(H2,28,34)/t22-/m1/s1. The minimum atomic E-state index is -0.916. The summed E-state index contributed by atoms with van der Waals surface area (Å²) in [6.07, 6.45) is 1.85. The van der Waals surface area contributed by atoms with E-state index < -0.39 is 17.8 Å². The third-order valence-electron chi connectivity index (χ3n) is 5.26. The zero-order chi connectivity index (χ0) is 24.9. The number of carbonyl (C=O) groups excluding carboxylic acids is 1. The molecule has 176 valence electrons. The highest BCUT2D eigenvalue weighted by molar-refractivity contribution is 7.10. The number of amides is 1. The van der Waals surface area contributed by atoms with Crippen molar-refractivity contribution in [2.24, 2.45) is 5.73 Å². The minimum absolute atomic E-state index is 0.0315. The van der Waals surface area contributed by atoms with Gasteiger partial charge < -0.3 is 16.4 Å². The van der Waals surface area contributed by atoms with E-state index in [-0.39, 0.29) is 23.2 Å². The van der Waals surface area contributed by atoms with Crippen molar-refractivity contribution < 1.29 is 9.18 Å². The predicted octanol–water partition coefficient (Wildman–Crippen LogP) is 3.87. The first kappa shape index (κ1) is 23.7. The fourth-order valence-corrected chi connectivity index (χ4v) is 4.19. The van der Waals surface area contributed by atoms with Crippen LogP contribution >= 0.6 is 11.5 Å². The number of rotatable bonds is 8. The maximum absolute atomic E-state index is 14.8. The zero-order valence-electron chi connectivity index (χ0n) is 18.7. The lowest BCUT2D eigenvalue weighted by atomic mass is 10.0. The maximum atomic E-state index is 14.8. The Bertz CT molecular complexity index is 1470. The summed E-state index contributed by atoms with van der Waals surface area (Å²) in [4.78, 5) is 24.2. The Morgan fingerprint density at radius 1 is 1.20 bits per heavy atom. The average Bonchev–Trinajstić information content (AvgIpc) is 3.25. The third kappa shape index (κ3) is 5.54. The van der Waals surface area contributed by atoms with Crippen LogP contribution < -0.4 is 21.9 Å². The first-order valence-electron chi connectivity index (χ1n) is 10.6. The van der Waals surface area contributed by atoms with E-state index in [2.05, 4.69) is 15.0 Å². The molecule has 0 aliphatic rings. The molecule has 0 aliphatic carbocycles. The fourth-order valence-electron chi connectivity index (χ4n) is 3.51. The molecule has 10 heteroatoms. The molecule has 0 spiro atoms. The van der Waals surface area contributed by atoms with Gasteiger partial charge >= 0.3 is 0 Å². The van der Waals surface area contributed by atoms with Crippen LogP contribution in [0.1, 0.15) is 16.8 Å². The predicted molar refractivity (Wildman–Crippen MR) is 134 cm³/mol. The van der Waals surface area contributed by atoms with Crippen molar-refractivity contribution in [2.45, 2.75) is 19.4 Å². The largest absolute Gasteiger partial charge is 0.371 e. The number of halogens is 1. The number of nitrogens with zero attached hydrogens (tertiary/aromatic N) is 3. The average molecular weight is 489 g/mol. The number of hydrogen-bond acceptors (Lipinski definition) is 7. The summed E-state index contributed by atoms with van der Waals surface area (Å²) in [7, 11) is 0. The monoisotopic (exact) mass is 488 g/mol. The summed E-state index contributed by atoms with van der Waals surface area (Å²) in [6, 6.07) is 17.4. The minimum Gasteiger partial charge on any atom is -0.371 e. The number of primary amides is 1. The Balaban J connectivity index is 1.56. The van der Waals surface area contributed by atoms with Gasteiger partial charge in [0.2, 0.25) is 5.91 Å². The van der Waals surface area contributed by atoms with Crippen molar-refractivity contribution in [3.05, 3.63) is 99.9 Å². The smallest absolute Gasteiger partial charge is 0.255 e. The quantitative estimate of drug-likeness (QED) is 0.346. The molecule has 1 atom stereocenters. The number of anilines is 3. The van der Waals surface area contributed by atoms with Gasteiger partial charge in [0, 0.05) is 24.4 Å². The highest BCUT2D eigenvalue weighted by Gasteiger charge is 2.19. The van der Waals surface area contributed by atoms with Crippen LogP contribution in [0, 0.1) is 24.1 Å². The molecule has 0 aliphatic heterocycles. The number of hydrogen-bond donors (Lipinski definition) is 3. The van der Waals surface area contributed by atoms with Crippen LogP contribution in [0.15, 0.2) is 71.7 Å². The Morgan fingerprint density at radius 3 is 2.60 bits per heavy atom. The molecule has 0 unspecified atom stereocenters. The van der Waals surface area contributed by atoms with Crippen molar-refractivity contribution in [3.63, 3.8) is 0 Å². The zero-order valence-corrected chi connectivity index (χ0v) is 19.5. The number of aryl methyl sites for hydroxylation is 1. The van der Waals surface area contributed by atoms with Gasteiger partial charge in [0.25, 0.3) is 5.56 Å². The Labute approximate surface area is 204 Å². The number of aromatic nitrogens is 2. The van der Waals surface area contributed by atoms with E-state index in [0.29, 0.717) is 16.4 Å². The summed E-state index contributed by atoms with van der Waals surface area (Å²) in [6.45, 7) is 1.84. The molecule has 2 heterocycles. The van der Waals surface area contributed by atoms with Crippen LogP contribution in [-0.4, -0.2) is 20.9 Å². The summed E-state index contributed by atoms with van der Waals surface area (Å²) in [5, 5.41) is 16.1. The van der Waals surface area contributed by atoms with Crippen molar-refractivity contribution in [1.29, 1.82) is 5.26 Å². The van der Waals surface area contributed by atoms with Crippen molar-refractivity contribution in [3.8, 4) is 11.8 Å². The fraction of sp³-hybridized carbons (Fsp3) is 0.120. The van der Waals surface area contributed by atoms with Crippen molar-refractivity contribution in [1.82, 2.24) is 8.94 Å². The van der Waals surface area contributed by atoms with Gasteiger partial charge in [0.15, 0.2) is 0 Å². The summed E-state index contributed by atoms with van der Waals surface area (Å²) >= 11 is 1.21. The molecular weight excluding hydrogens is 467 g/mol. The van der Waals surface area contributed by atoms with E-state index in [1.54, 1.807) is 42.6 Å². The van der Waals surface area contributed by atoms with E-state index in [0.717, 1.165) is 17.3 Å². The SMILES string of the molecule is Cc1cc(Nc2cc(N[C@H](Cc3ccc(-n4ccccc4=O)cc3)C(N)=O)c(F)cc2C#N)sn1. The lowest BCUT2D eigenvalue weighted by Gasteiger charge is -2.19. The first-order valence-corrected chi connectivity index (χ1v) is 11.4. The molecule has 0 radical (unpaired) electrons. The van der Waals surface area contributed by atoms with E-state index in [9.17, 15) is 19.2 Å². The number of benzene rings is 2. The molecule has 4 N–H and O–H groups in total. The van der Waals surface area contributed by atoms with Crippen LogP contribution in [0.25, 0.3) is 5.69 Å². The van der Waals surface area contributed by atoms with Crippen LogP contribution in [0.3, 0.4) is 0 Å². The lowest BCUT2D eigenvalue weighted by molar-refractivity contribution is -0.118. The lowest BCUT2D eigenvalue weighted by Crippen LogP contribution is -2.37. The van der Waals surface area contributed by atoms with Gasteiger partial charge in [-0.05, 0) is 60.4 Å². The van der Waals surface area contributed by atoms with Gasteiger partial charge in [-0.25, -0.2) is 4.39 Å². The first-order chi connectivity index (χ1) is 16.8. The summed E-state index contributed by atoms with van der Waals surface area (Å²) < 4.78 is 20.4. The van der Waals surface area contributed by atoms with Crippen molar-refractivity contribution >= 4 is 33.8 Å². The Morgan fingerprint density at radius 2 is 1.97 bits per heavy atom. The van der Waals surface area contributed by atoms with E-state index in [1.807, 2.05) is 19.1 Å². The highest BCUT2D eigenvalue weighted by atomic mass is 32.1. The topological polar surface area (TPSA) is 126 Å². The molecule has 2 aromatic carbocycles. The molecule has 4 aromatic rings. The molecule has 35 heavy (non-hydrogen) atoms. The van der Waals surface area contributed by atoms with Gasteiger partial charge in [-0.2, -0.15) is 9.64 Å². The van der Waals surface area contributed by atoms with Crippen LogP contribution in [0.5, 0.6) is 0 Å². The van der Waals surface area contributed by atoms with E-state index in [1.165, 1.54) is 28.2 Å². The summed E-state index contributed by atoms with van der Waals surface area (Å²) in [5.41, 5.74) is 8.21. The number of carbonyl (C=O) groups is 1. The second-order valence-corrected chi connectivity index (χ2v) is 8.63. The molecule has 8 nitrogen and oxygen atoms in total. The van der Waals surface area contributed by atoms with Crippen LogP contribution in [0.4, 0.5) is 20.8 Å². The second-order valence-electron chi connectivity index (χ2n) is 7.83. The normalized spacial score (nSPS) is 11.5. The van der Waals surface area contributed by atoms with Gasteiger partial charge in [-0.3, -0.25) is 14.2 Å². The van der Waals surface area contributed by atoms with Crippen molar-refractivity contribution in [2.75, 3.05) is 10.6 Å². The molecule has 1 amide bonds. The van der Waals surface area contributed by atoms with Gasteiger partial charge in [0.05, 0.1) is 22.6 Å². The second kappa shape index (κ2) is 10.2. The molecule has 2 aromatic heterocycles. The van der Waals surface area contributed by atoms with Gasteiger partial charge in [-0.15, -0.1) is 0 Å². The number of nitrogens with one attached hydrogen (secondary N) is 2. The highest BCUT2D eigenvalue weighted by Crippen LogP contribution is 2.29. The third-order valence-corrected chi connectivity index (χ3v) is 6.06. The van der Waals surface area contributed by atoms with Crippen LogP contribution in [-0.2, 0) is 11.2 Å². The Kier molecular flexibility index (Phi) is 6.89. The molecular formula is C25H21FN6O2S. The van der Waals surface area contributed by atoms with Crippen LogP contribution in [0.2, 0.25) is 0 Å². The molecule has 0 saturated carbocycles. The van der Waals surface area contributed by atoms with Gasteiger partial charge in [-0.1, -0.05) is 18.2 Å². The molecule has 0 saturated heterocycles. The van der Waals surface area contributed by atoms with Gasteiger partial charge in [0.1, 0.15) is 22.9 Å². The van der Waals surface area contributed by atoms with E-state index >= 15 is 0 Å². The van der Waals surface area contributed by atoms with E-state index in [4.69, 9.17) is 5.73 Å². The number of nitrogens with two attached hydrogens (primary N) is 1. The maximum Gasteiger partial charge on any atom is 0.255 e. The molecule has 0 bridgehead atoms. The number of nitriles is 1.